The van der Waals surface area contributed by atoms with Crippen molar-refractivity contribution in [3.05, 3.63) is 41.7 Å². The summed E-state index contributed by atoms with van der Waals surface area (Å²) >= 11 is 2.33. The number of benzene rings is 1. The van der Waals surface area contributed by atoms with Crippen molar-refractivity contribution in [2.45, 2.75) is 19.3 Å². The standard InChI is InChI=1S/C14H17FIN/c1-17(16)10-12-4-2-3-5-14(12)11-6-8-13(15)9-7-11/h5-9,12H,2-4,10H2,1H3. The number of hydrogen-bond donors (Lipinski definition) is 0. The third kappa shape index (κ3) is 3.52. The topological polar surface area (TPSA) is 3.24 Å². The fraction of sp³-hybridized carbons (Fsp3) is 0.429. The van der Waals surface area contributed by atoms with Crippen molar-refractivity contribution in [2.24, 2.45) is 5.92 Å². The van der Waals surface area contributed by atoms with Crippen LogP contribution >= 0.6 is 22.9 Å². The van der Waals surface area contributed by atoms with E-state index in [0.717, 1.165) is 13.0 Å². The molecule has 0 fully saturated rings. The van der Waals surface area contributed by atoms with Gasteiger partial charge in [-0.15, -0.1) is 0 Å². The number of allylic oxidation sites excluding steroid dienone is 1. The molecule has 0 amide bonds. The molecule has 1 aliphatic rings. The summed E-state index contributed by atoms with van der Waals surface area (Å²) in [5.74, 6) is 0.420. The molecule has 0 N–H and O–H groups in total. The lowest BCUT2D eigenvalue weighted by atomic mass is 9.83. The Morgan fingerprint density at radius 1 is 1.35 bits per heavy atom. The summed E-state index contributed by atoms with van der Waals surface area (Å²) < 4.78 is 15.1. The van der Waals surface area contributed by atoms with E-state index in [4.69, 9.17) is 0 Å². The van der Waals surface area contributed by atoms with Crippen molar-refractivity contribution in [1.29, 1.82) is 0 Å². The van der Waals surface area contributed by atoms with Crippen LogP contribution in [0.1, 0.15) is 24.8 Å². The molecule has 0 aromatic heterocycles. The number of hydrogen-bond acceptors (Lipinski definition) is 1. The molecule has 2 rings (SSSR count). The van der Waals surface area contributed by atoms with E-state index in [1.54, 1.807) is 12.1 Å². The van der Waals surface area contributed by atoms with Crippen LogP contribution in [0.15, 0.2) is 30.3 Å². The highest BCUT2D eigenvalue weighted by molar-refractivity contribution is 14.1. The van der Waals surface area contributed by atoms with E-state index in [-0.39, 0.29) is 5.82 Å². The molecule has 1 aromatic carbocycles. The Hall–Kier alpha value is -0.420. The molecule has 17 heavy (non-hydrogen) atoms. The van der Waals surface area contributed by atoms with E-state index in [0.29, 0.717) is 5.92 Å². The van der Waals surface area contributed by atoms with Gasteiger partial charge in [0.05, 0.1) is 0 Å². The second kappa shape index (κ2) is 5.96. The fourth-order valence-electron chi connectivity index (χ4n) is 2.43. The predicted octanol–water partition coefficient (Wildman–Crippen LogP) is 4.29. The molecule has 0 saturated heterocycles. The first kappa shape index (κ1) is 13.0. The summed E-state index contributed by atoms with van der Waals surface area (Å²) in [4.78, 5) is 0. The molecule has 1 aromatic rings. The Labute approximate surface area is 116 Å². The van der Waals surface area contributed by atoms with Gasteiger partial charge in [0.1, 0.15) is 5.82 Å². The highest BCUT2D eigenvalue weighted by Crippen LogP contribution is 2.33. The van der Waals surface area contributed by atoms with Gasteiger partial charge in [-0.25, -0.2) is 4.39 Å². The lowest BCUT2D eigenvalue weighted by Gasteiger charge is -2.26. The molecule has 0 saturated carbocycles. The SMILES string of the molecule is CN(I)CC1CCCC=C1c1ccc(F)cc1. The molecular weight excluding hydrogens is 328 g/mol. The fourth-order valence-corrected chi connectivity index (χ4v) is 2.91. The van der Waals surface area contributed by atoms with E-state index in [1.165, 1.54) is 24.0 Å². The van der Waals surface area contributed by atoms with Gasteiger partial charge < -0.3 is 0 Å². The molecule has 1 nitrogen and oxygen atoms in total. The summed E-state index contributed by atoms with van der Waals surface area (Å²) in [5.41, 5.74) is 2.56. The van der Waals surface area contributed by atoms with Gasteiger partial charge in [0, 0.05) is 29.4 Å². The van der Waals surface area contributed by atoms with Crippen LogP contribution in [0.2, 0.25) is 0 Å². The Morgan fingerprint density at radius 2 is 2.06 bits per heavy atom. The first-order valence-corrected chi connectivity index (χ1v) is 6.96. The molecule has 0 bridgehead atoms. The molecular formula is C14H17FIN. The van der Waals surface area contributed by atoms with Crippen LogP contribution in [0.3, 0.4) is 0 Å². The van der Waals surface area contributed by atoms with Crippen molar-refractivity contribution < 1.29 is 4.39 Å². The zero-order valence-corrected chi connectivity index (χ0v) is 12.2. The Kier molecular flexibility index (Phi) is 4.56. The summed E-state index contributed by atoms with van der Waals surface area (Å²) in [6.07, 6.45) is 5.96. The Balaban J connectivity index is 2.21. The summed E-state index contributed by atoms with van der Waals surface area (Å²) in [6.45, 7) is 1.06. The van der Waals surface area contributed by atoms with E-state index in [2.05, 4.69) is 39.1 Å². The van der Waals surface area contributed by atoms with Gasteiger partial charge in [-0.1, -0.05) is 18.2 Å². The summed E-state index contributed by atoms with van der Waals surface area (Å²) in [7, 11) is 2.09. The van der Waals surface area contributed by atoms with E-state index in [9.17, 15) is 4.39 Å². The molecule has 1 unspecified atom stereocenters. The van der Waals surface area contributed by atoms with Gasteiger partial charge >= 0.3 is 0 Å². The molecule has 1 atom stereocenters. The number of rotatable bonds is 3. The first-order chi connectivity index (χ1) is 8.16. The van der Waals surface area contributed by atoms with Gasteiger partial charge in [0.2, 0.25) is 0 Å². The third-order valence-electron chi connectivity index (χ3n) is 3.21. The van der Waals surface area contributed by atoms with E-state index >= 15 is 0 Å². The highest BCUT2D eigenvalue weighted by Gasteiger charge is 2.20. The van der Waals surface area contributed by atoms with E-state index < -0.39 is 0 Å². The van der Waals surface area contributed by atoms with Crippen LogP contribution in [0.4, 0.5) is 4.39 Å². The predicted molar refractivity (Wildman–Crippen MR) is 78.4 cm³/mol. The van der Waals surface area contributed by atoms with Crippen molar-refractivity contribution in [3.8, 4) is 0 Å². The van der Waals surface area contributed by atoms with E-state index in [1.807, 2.05) is 12.1 Å². The largest absolute Gasteiger partial charge is 0.250 e. The van der Waals surface area contributed by atoms with Crippen molar-refractivity contribution in [2.75, 3.05) is 13.6 Å². The second-order valence-corrected chi connectivity index (χ2v) is 6.23. The molecule has 92 valence electrons. The minimum Gasteiger partial charge on any atom is -0.250 e. The van der Waals surface area contributed by atoms with Gasteiger partial charge in [-0.3, -0.25) is 3.11 Å². The first-order valence-electron chi connectivity index (χ1n) is 5.99. The van der Waals surface area contributed by atoms with Crippen LogP contribution in [0.5, 0.6) is 0 Å². The van der Waals surface area contributed by atoms with Crippen molar-refractivity contribution >= 4 is 28.4 Å². The van der Waals surface area contributed by atoms with Gasteiger partial charge in [-0.2, -0.15) is 0 Å². The van der Waals surface area contributed by atoms with Crippen LogP contribution in [0.25, 0.3) is 5.57 Å². The second-order valence-electron chi connectivity index (χ2n) is 4.58. The van der Waals surface area contributed by atoms with Crippen LogP contribution in [-0.4, -0.2) is 16.7 Å². The zero-order chi connectivity index (χ0) is 12.3. The highest BCUT2D eigenvalue weighted by atomic mass is 127. The van der Waals surface area contributed by atoms with Crippen molar-refractivity contribution in [1.82, 2.24) is 3.11 Å². The normalized spacial score (nSPS) is 20.5. The smallest absolute Gasteiger partial charge is 0.123 e. The van der Waals surface area contributed by atoms with Crippen LogP contribution in [-0.2, 0) is 0 Å². The van der Waals surface area contributed by atoms with Crippen molar-refractivity contribution in [3.63, 3.8) is 0 Å². The average molecular weight is 345 g/mol. The summed E-state index contributed by atoms with van der Waals surface area (Å²) in [5, 5.41) is 0. The Morgan fingerprint density at radius 3 is 2.71 bits per heavy atom. The average Bonchev–Trinajstić information content (AvgIpc) is 2.30. The Bertz CT molecular complexity index is 397. The lowest BCUT2D eigenvalue weighted by Crippen LogP contribution is -2.20. The summed E-state index contributed by atoms with van der Waals surface area (Å²) in [6, 6.07) is 6.89. The van der Waals surface area contributed by atoms with Gasteiger partial charge in [0.15, 0.2) is 0 Å². The molecule has 0 spiro atoms. The third-order valence-corrected chi connectivity index (χ3v) is 3.60. The number of nitrogens with zero attached hydrogens (tertiary/aromatic N) is 1. The van der Waals surface area contributed by atoms with Crippen LogP contribution in [0, 0.1) is 11.7 Å². The minimum atomic E-state index is -0.160. The maximum atomic E-state index is 12.9. The number of halogens is 2. The monoisotopic (exact) mass is 345 g/mol. The minimum absolute atomic E-state index is 0.160. The maximum absolute atomic E-state index is 12.9. The molecule has 1 aliphatic carbocycles. The molecule has 0 aliphatic heterocycles. The van der Waals surface area contributed by atoms with Gasteiger partial charge in [-0.05, 0) is 55.5 Å². The quantitative estimate of drug-likeness (QED) is 0.584. The van der Waals surface area contributed by atoms with Crippen LogP contribution < -0.4 is 0 Å². The maximum Gasteiger partial charge on any atom is 0.123 e. The molecule has 0 radical (unpaired) electrons. The van der Waals surface area contributed by atoms with Gasteiger partial charge in [0.25, 0.3) is 0 Å². The molecule has 0 heterocycles. The molecule has 3 heteroatoms. The zero-order valence-electron chi connectivity index (χ0n) is 10.00. The lowest BCUT2D eigenvalue weighted by molar-refractivity contribution is 0.463.